The minimum absolute atomic E-state index is 0. The molecule has 0 aliphatic carbocycles. The number of anilines is 2. The molecule has 1 heterocycles. The van der Waals surface area contributed by atoms with Crippen LogP contribution in [0.2, 0.25) is 0 Å². The van der Waals surface area contributed by atoms with Gasteiger partial charge in [-0.25, -0.2) is 0 Å². The van der Waals surface area contributed by atoms with Crippen LogP contribution < -0.4 is 5.32 Å². The molecular weight excluding hydrogens is 306 g/mol. The van der Waals surface area contributed by atoms with Crippen LogP contribution in [0.4, 0.5) is 11.4 Å². The number of halogens is 1. The number of fused-ring (bicyclic) bond motifs is 1. The topological polar surface area (TPSA) is 40.7 Å². The van der Waals surface area contributed by atoms with E-state index >= 15 is 0 Å². The van der Waals surface area contributed by atoms with Crippen molar-refractivity contribution in [2.24, 2.45) is 0 Å². The summed E-state index contributed by atoms with van der Waals surface area (Å²) in [6.45, 7) is 0. The summed E-state index contributed by atoms with van der Waals surface area (Å²) >= 11 is 0. The van der Waals surface area contributed by atoms with Gasteiger partial charge in [-0.1, -0.05) is 48.5 Å². The monoisotopic (exact) mass is 321 g/mol. The molecule has 114 valence electrons. The molecule has 0 saturated carbocycles. The lowest BCUT2D eigenvalue weighted by atomic mass is 10.1. The number of hydrogen-bond donors (Lipinski definition) is 2. The van der Waals surface area contributed by atoms with E-state index in [2.05, 4.69) is 45.8 Å². The number of nitrogens with zero attached hydrogens (tertiary/aromatic N) is 1. The van der Waals surface area contributed by atoms with E-state index in [9.17, 15) is 0 Å². The van der Waals surface area contributed by atoms with Gasteiger partial charge >= 0.3 is 0 Å². The largest absolute Gasteiger partial charge is 0.355 e. The summed E-state index contributed by atoms with van der Waals surface area (Å²) in [6, 6.07) is 26.6. The molecule has 4 aromatic rings. The van der Waals surface area contributed by atoms with Gasteiger partial charge in [-0.3, -0.25) is 5.10 Å². The summed E-state index contributed by atoms with van der Waals surface area (Å²) < 4.78 is 0. The van der Waals surface area contributed by atoms with E-state index in [4.69, 9.17) is 0 Å². The van der Waals surface area contributed by atoms with E-state index in [0.29, 0.717) is 0 Å². The molecular formula is C19H16ClN3. The number of benzene rings is 3. The van der Waals surface area contributed by atoms with Crippen LogP contribution in [0.1, 0.15) is 0 Å². The van der Waals surface area contributed by atoms with Crippen LogP contribution in [0.15, 0.2) is 78.9 Å². The van der Waals surface area contributed by atoms with Gasteiger partial charge in [0.15, 0.2) is 0 Å². The van der Waals surface area contributed by atoms with Crippen molar-refractivity contribution in [2.75, 3.05) is 5.32 Å². The van der Waals surface area contributed by atoms with Crippen LogP contribution in [0, 0.1) is 0 Å². The van der Waals surface area contributed by atoms with E-state index < -0.39 is 0 Å². The van der Waals surface area contributed by atoms with E-state index in [-0.39, 0.29) is 12.4 Å². The Morgan fingerprint density at radius 3 is 2.17 bits per heavy atom. The molecule has 0 saturated heterocycles. The Kier molecular flexibility index (Phi) is 4.31. The molecule has 0 aliphatic rings. The Bertz CT molecular complexity index is 902. The minimum Gasteiger partial charge on any atom is -0.355 e. The fourth-order valence-corrected chi connectivity index (χ4v) is 2.60. The first kappa shape index (κ1) is 15.1. The van der Waals surface area contributed by atoms with Crippen LogP contribution >= 0.6 is 12.4 Å². The SMILES string of the molecule is Cl.c1ccc(Nc2ccc3c(-c4ccccc4)n[nH]c3c2)cc1. The lowest BCUT2D eigenvalue weighted by molar-refractivity contribution is 1.12. The van der Waals surface area contributed by atoms with E-state index in [1.807, 2.05) is 48.5 Å². The summed E-state index contributed by atoms with van der Waals surface area (Å²) in [5.41, 5.74) is 5.26. The highest BCUT2D eigenvalue weighted by Crippen LogP contribution is 2.28. The summed E-state index contributed by atoms with van der Waals surface area (Å²) in [7, 11) is 0. The van der Waals surface area contributed by atoms with E-state index in [1.165, 1.54) is 0 Å². The third-order valence-electron chi connectivity index (χ3n) is 3.67. The van der Waals surface area contributed by atoms with Gasteiger partial charge in [0.05, 0.1) is 11.2 Å². The van der Waals surface area contributed by atoms with Crippen molar-refractivity contribution in [1.29, 1.82) is 0 Å². The van der Waals surface area contributed by atoms with Crippen LogP contribution in [0.25, 0.3) is 22.2 Å². The highest BCUT2D eigenvalue weighted by Gasteiger charge is 2.08. The lowest BCUT2D eigenvalue weighted by Crippen LogP contribution is -1.89. The van der Waals surface area contributed by atoms with Gasteiger partial charge in [0.2, 0.25) is 0 Å². The zero-order valence-electron chi connectivity index (χ0n) is 12.4. The van der Waals surface area contributed by atoms with Crippen LogP contribution in [-0.2, 0) is 0 Å². The first-order valence-electron chi connectivity index (χ1n) is 7.26. The number of nitrogens with one attached hydrogen (secondary N) is 2. The van der Waals surface area contributed by atoms with E-state index in [1.54, 1.807) is 0 Å². The molecule has 0 aliphatic heterocycles. The third-order valence-corrected chi connectivity index (χ3v) is 3.67. The standard InChI is InChI=1S/C19H15N3.ClH/c1-3-7-14(8-4-1)19-17-12-11-16(13-18(17)21-22-19)20-15-9-5-2-6-10-15;/h1-13,20H,(H,21,22);1H. The number of H-pyrrole nitrogens is 1. The number of rotatable bonds is 3. The summed E-state index contributed by atoms with van der Waals surface area (Å²) in [4.78, 5) is 0. The highest BCUT2D eigenvalue weighted by molar-refractivity contribution is 5.94. The summed E-state index contributed by atoms with van der Waals surface area (Å²) in [5, 5.41) is 12.1. The zero-order chi connectivity index (χ0) is 14.8. The molecule has 4 heteroatoms. The molecule has 3 nitrogen and oxygen atoms in total. The molecule has 0 unspecified atom stereocenters. The van der Waals surface area contributed by atoms with Crippen LogP contribution in [-0.4, -0.2) is 10.2 Å². The Labute approximate surface area is 140 Å². The summed E-state index contributed by atoms with van der Waals surface area (Å²) in [5.74, 6) is 0. The number of aromatic nitrogens is 2. The Balaban J connectivity index is 0.00000156. The normalized spacial score (nSPS) is 10.3. The first-order chi connectivity index (χ1) is 10.9. The van der Waals surface area contributed by atoms with Gasteiger partial charge < -0.3 is 5.32 Å². The smallest absolute Gasteiger partial charge is 0.0999 e. The Hall–Kier alpha value is -2.78. The van der Waals surface area contributed by atoms with Crippen molar-refractivity contribution in [1.82, 2.24) is 10.2 Å². The Morgan fingerprint density at radius 2 is 1.43 bits per heavy atom. The van der Waals surface area contributed by atoms with Gasteiger partial charge in [-0.15, -0.1) is 12.4 Å². The van der Waals surface area contributed by atoms with Gasteiger partial charge in [-0.05, 0) is 30.3 Å². The molecule has 0 bridgehead atoms. The molecule has 1 aromatic heterocycles. The van der Waals surface area contributed by atoms with Crippen molar-refractivity contribution < 1.29 is 0 Å². The second-order valence-corrected chi connectivity index (χ2v) is 5.19. The predicted octanol–water partition coefficient (Wildman–Crippen LogP) is 5.40. The maximum atomic E-state index is 4.46. The van der Waals surface area contributed by atoms with Crippen molar-refractivity contribution in [3.8, 4) is 11.3 Å². The number of hydrogen-bond acceptors (Lipinski definition) is 2. The number of aromatic amines is 1. The Morgan fingerprint density at radius 1 is 0.739 bits per heavy atom. The lowest BCUT2D eigenvalue weighted by Gasteiger charge is -2.06. The van der Waals surface area contributed by atoms with Gasteiger partial charge in [0.25, 0.3) is 0 Å². The van der Waals surface area contributed by atoms with Gasteiger partial charge in [0, 0.05) is 22.3 Å². The van der Waals surface area contributed by atoms with Crippen LogP contribution in [0.3, 0.4) is 0 Å². The molecule has 0 radical (unpaired) electrons. The maximum Gasteiger partial charge on any atom is 0.0999 e. The van der Waals surface area contributed by atoms with Crippen molar-refractivity contribution >= 4 is 34.7 Å². The molecule has 0 atom stereocenters. The molecule has 2 N–H and O–H groups in total. The maximum absolute atomic E-state index is 4.46. The molecule has 0 amide bonds. The molecule has 0 fully saturated rings. The van der Waals surface area contributed by atoms with Crippen molar-refractivity contribution in [2.45, 2.75) is 0 Å². The second kappa shape index (κ2) is 6.55. The fraction of sp³-hybridized carbons (Fsp3) is 0. The minimum atomic E-state index is 0. The third kappa shape index (κ3) is 3.05. The average Bonchev–Trinajstić information content (AvgIpc) is 3.00. The molecule has 0 spiro atoms. The highest BCUT2D eigenvalue weighted by atomic mass is 35.5. The molecule has 4 rings (SSSR count). The molecule has 23 heavy (non-hydrogen) atoms. The van der Waals surface area contributed by atoms with Gasteiger partial charge in [-0.2, -0.15) is 5.10 Å². The fourth-order valence-electron chi connectivity index (χ4n) is 2.60. The van der Waals surface area contributed by atoms with Gasteiger partial charge in [0.1, 0.15) is 0 Å². The average molecular weight is 322 g/mol. The zero-order valence-corrected chi connectivity index (χ0v) is 13.2. The number of para-hydroxylation sites is 1. The van der Waals surface area contributed by atoms with Crippen LogP contribution in [0.5, 0.6) is 0 Å². The molecule has 3 aromatic carbocycles. The van der Waals surface area contributed by atoms with E-state index in [0.717, 1.165) is 33.5 Å². The summed E-state index contributed by atoms with van der Waals surface area (Å²) in [6.07, 6.45) is 0. The second-order valence-electron chi connectivity index (χ2n) is 5.19. The van der Waals surface area contributed by atoms with Crippen molar-refractivity contribution in [3.05, 3.63) is 78.9 Å². The first-order valence-corrected chi connectivity index (χ1v) is 7.26. The van der Waals surface area contributed by atoms with Crippen molar-refractivity contribution in [3.63, 3.8) is 0 Å². The predicted molar refractivity (Wildman–Crippen MR) is 98.5 cm³/mol. The quantitative estimate of drug-likeness (QED) is 0.530.